The number of aliphatic hydroxyl groups excluding tert-OH is 1. The molecular weight excluding hydrogens is 280 g/mol. The van der Waals surface area contributed by atoms with Gasteiger partial charge in [0.15, 0.2) is 0 Å². The monoisotopic (exact) mass is 310 g/mol. The Bertz CT molecular complexity index is 395. The van der Waals surface area contributed by atoms with Crippen molar-refractivity contribution in [1.82, 2.24) is 0 Å². The Morgan fingerprint density at radius 2 is 1.59 bits per heavy atom. The topological polar surface area (TPSA) is 47.9 Å². The first kappa shape index (κ1) is 18.9. The summed E-state index contributed by atoms with van der Waals surface area (Å²) >= 11 is 0. The molecule has 22 heavy (non-hydrogen) atoms. The van der Waals surface area contributed by atoms with E-state index < -0.39 is 0 Å². The van der Waals surface area contributed by atoms with Gasteiger partial charge in [0.1, 0.15) is 5.75 Å². The summed E-state index contributed by atoms with van der Waals surface area (Å²) in [5, 5.41) is 8.57. The molecule has 126 valence electrons. The second-order valence-corrected chi connectivity index (χ2v) is 6.60. The molecule has 0 aromatic heterocycles. The van der Waals surface area contributed by atoms with Crippen LogP contribution in [0, 0.1) is 5.92 Å². The molecule has 0 aliphatic rings. The third-order valence-corrected chi connectivity index (χ3v) is 3.26. The van der Waals surface area contributed by atoms with E-state index in [1.165, 1.54) is 5.56 Å². The van der Waals surface area contributed by atoms with Crippen LogP contribution in [0.2, 0.25) is 0 Å². The molecule has 1 aromatic rings. The summed E-state index contributed by atoms with van der Waals surface area (Å²) < 4.78 is 16.4. The van der Waals surface area contributed by atoms with Gasteiger partial charge < -0.3 is 19.3 Å². The van der Waals surface area contributed by atoms with Crippen LogP contribution in [0.5, 0.6) is 5.75 Å². The molecule has 0 heterocycles. The molecular formula is C18H30O4. The van der Waals surface area contributed by atoms with Gasteiger partial charge in [0.25, 0.3) is 0 Å². The first-order valence-corrected chi connectivity index (χ1v) is 7.93. The van der Waals surface area contributed by atoms with Gasteiger partial charge in [-0.2, -0.15) is 0 Å². The normalized spacial score (nSPS) is 13.1. The molecule has 0 aliphatic heterocycles. The van der Waals surface area contributed by atoms with Crippen LogP contribution in [0.15, 0.2) is 24.3 Å². The lowest BCUT2D eigenvalue weighted by atomic mass is 9.87. The van der Waals surface area contributed by atoms with Gasteiger partial charge in [-0.25, -0.2) is 0 Å². The third kappa shape index (κ3) is 7.78. The fourth-order valence-electron chi connectivity index (χ4n) is 1.91. The predicted octanol–water partition coefficient (Wildman–Crippen LogP) is 3.02. The fraction of sp³-hybridized carbons (Fsp3) is 0.667. The van der Waals surface area contributed by atoms with Crippen molar-refractivity contribution in [3.63, 3.8) is 0 Å². The van der Waals surface area contributed by atoms with Crippen LogP contribution in [0.4, 0.5) is 0 Å². The minimum atomic E-state index is 0.0538. The zero-order valence-corrected chi connectivity index (χ0v) is 14.3. The summed E-state index contributed by atoms with van der Waals surface area (Å²) in [7, 11) is 0. The Kier molecular flexibility index (Phi) is 8.46. The molecule has 0 radical (unpaired) electrons. The lowest BCUT2D eigenvalue weighted by Gasteiger charge is -2.19. The number of hydrogen-bond donors (Lipinski definition) is 1. The Morgan fingerprint density at radius 1 is 0.955 bits per heavy atom. The number of aliphatic hydroxyl groups is 1. The van der Waals surface area contributed by atoms with Gasteiger partial charge in [-0.15, -0.1) is 0 Å². The van der Waals surface area contributed by atoms with E-state index in [2.05, 4.69) is 39.8 Å². The molecule has 0 aliphatic carbocycles. The number of hydrogen-bond acceptors (Lipinski definition) is 4. The summed E-state index contributed by atoms with van der Waals surface area (Å²) in [5.74, 6) is 1.21. The summed E-state index contributed by atoms with van der Waals surface area (Å²) in [4.78, 5) is 0. The highest BCUT2D eigenvalue weighted by molar-refractivity contribution is 5.31. The van der Waals surface area contributed by atoms with Crippen molar-refractivity contribution in [3.8, 4) is 5.75 Å². The van der Waals surface area contributed by atoms with Crippen molar-refractivity contribution in [3.05, 3.63) is 29.8 Å². The van der Waals surface area contributed by atoms with Crippen molar-refractivity contribution in [2.45, 2.75) is 33.1 Å². The molecule has 0 bridgehead atoms. The predicted molar refractivity (Wildman–Crippen MR) is 88.5 cm³/mol. The maximum Gasteiger partial charge on any atom is 0.119 e. The van der Waals surface area contributed by atoms with Crippen molar-refractivity contribution in [2.75, 3.05) is 39.6 Å². The minimum Gasteiger partial charge on any atom is -0.493 e. The maximum atomic E-state index is 8.57. The average Bonchev–Trinajstić information content (AvgIpc) is 2.48. The van der Waals surface area contributed by atoms with Crippen molar-refractivity contribution >= 4 is 0 Å². The molecule has 0 saturated carbocycles. The highest BCUT2D eigenvalue weighted by Gasteiger charge is 2.13. The van der Waals surface area contributed by atoms with Gasteiger partial charge in [0.05, 0.1) is 39.6 Å². The van der Waals surface area contributed by atoms with Crippen LogP contribution in [-0.4, -0.2) is 44.7 Å². The molecule has 0 fully saturated rings. The zero-order chi connectivity index (χ0) is 16.4. The quantitative estimate of drug-likeness (QED) is 0.675. The van der Waals surface area contributed by atoms with Crippen molar-refractivity contribution in [2.24, 2.45) is 5.92 Å². The largest absolute Gasteiger partial charge is 0.493 e. The van der Waals surface area contributed by atoms with E-state index in [4.69, 9.17) is 19.3 Å². The average molecular weight is 310 g/mol. The highest BCUT2D eigenvalue weighted by atomic mass is 16.5. The second kappa shape index (κ2) is 9.82. The van der Waals surface area contributed by atoms with Gasteiger partial charge in [0, 0.05) is 5.92 Å². The number of rotatable bonds is 10. The van der Waals surface area contributed by atoms with Gasteiger partial charge in [-0.1, -0.05) is 39.8 Å². The Labute approximate surface area is 134 Å². The third-order valence-electron chi connectivity index (χ3n) is 3.26. The van der Waals surface area contributed by atoms with Gasteiger partial charge in [-0.3, -0.25) is 0 Å². The molecule has 1 atom stereocenters. The fourth-order valence-corrected chi connectivity index (χ4v) is 1.91. The molecule has 1 aromatic carbocycles. The van der Waals surface area contributed by atoms with Crippen LogP contribution in [-0.2, 0) is 14.9 Å². The first-order chi connectivity index (χ1) is 10.4. The molecule has 1 rings (SSSR count). The molecule has 1 unspecified atom stereocenters. The van der Waals surface area contributed by atoms with Gasteiger partial charge >= 0.3 is 0 Å². The van der Waals surface area contributed by atoms with E-state index >= 15 is 0 Å². The van der Waals surface area contributed by atoms with E-state index in [-0.39, 0.29) is 12.0 Å². The molecule has 4 heteroatoms. The Balaban J connectivity index is 2.19. The second-order valence-electron chi connectivity index (χ2n) is 6.60. The molecule has 0 spiro atoms. The lowest BCUT2D eigenvalue weighted by molar-refractivity contribution is 0.0187. The minimum absolute atomic E-state index is 0.0538. The maximum absolute atomic E-state index is 8.57. The summed E-state index contributed by atoms with van der Waals surface area (Å²) in [5.41, 5.74) is 1.47. The molecule has 0 saturated heterocycles. The van der Waals surface area contributed by atoms with E-state index in [0.717, 1.165) is 5.75 Å². The summed E-state index contributed by atoms with van der Waals surface area (Å²) in [6.07, 6.45) is 0. The summed E-state index contributed by atoms with van der Waals surface area (Å²) in [6, 6.07) is 8.29. The van der Waals surface area contributed by atoms with Crippen molar-refractivity contribution < 1.29 is 19.3 Å². The van der Waals surface area contributed by atoms with E-state index in [9.17, 15) is 0 Å². The number of ether oxygens (including phenoxy) is 3. The van der Waals surface area contributed by atoms with Crippen LogP contribution in [0.1, 0.15) is 33.3 Å². The van der Waals surface area contributed by atoms with E-state index in [0.29, 0.717) is 39.0 Å². The lowest BCUT2D eigenvalue weighted by Crippen LogP contribution is -2.17. The first-order valence-electron chi connectivity index (χ1n) is 7.93. The van der Waals surface area contributed by atoms with Crippen LogP contribution in [0.3, 0.4) is 0 Å². The van der Waals surface area contributed by atoms with Crippen molar-refractivity contribution in [1.29, 1.82) is 0 Å². The van der Waals surface area contributed by atoms with E-state index in [1.54, 1.807) is 0 Å². The van der Waals surface area contributed by atoms with Gasteiger partial charge in [0.2, 0.25) is 0 Å². The van der Waals surface area contributed by atoms with Crippen LogP contribution < -0.4 is 4.74 Å². The van der Waals surface area contributed by atoms with Crippen LogP contribution >= 0.6 is 0 Å². The molecule has 0 amide bonds. The highest BCUT2D eigenvalue weighted by Crippen LogP contribution is 2.24. The number of benzene rings is 1. The Morgan fingerprint density at radius 3 is 2.18 bits per heavy atom. The van der Waals surface area contributed by atoms with Gasteiger partial charge in [-0.05, 0) is 23.1 Å². The Hall–Kier alpha value is -1.10. The van der Waals surface area contributed by atoms with Crippen LogP contribution in [0.25, 0.3) is 0 Å². The molecule has 1 N–H and O–H groups in total. The SMILES string of the molecule is CC(COCCOCCO)COc1ccc(C(C)(C)C)cc1. The zero-order valence-electron chi connectivity index (χ0n) is 14.3. The smallest absolute Gasteiger partial charge is 0.119 e. The standard InChI is InChI=1S/C18H30O4/c1-15(13-21-12-11-20-10-9-19)14-22-17-7-5-16(6-8-17)18(2,3)4/h5-8,15,19H,9-14H2,1-4H3. The van der Waals surface area contributed by atoms with E-state index in [1.807, 2.05) is 12.1 Å². The summed E-state index contributed by atoms with van der Waals surface area (Å²) in [6.45, 7) is 11.5. The molecule has 4 nitrogen and oxygen atoms in total.